The number of aromatic nitrogens is 6. The highest BCUT2D eigenvalue weighted by Gasteiger charge is 2.35. The van der Waals surface area contributed by atoms with Crippen LogP contribution in [0, 0.1) is 0 Å². The van der Waals surface area contributed by atoms with Gasteiger partial charge in [0.25, 0.3) is 5.88 Å². The molecule has 0 radical (unpaired) electrons. The molecule has 23 nitrogen and oxygen atoms in total. The summed E-state index contributed by atoms with van der Waals surface area (Å²) in [6, 6.07) is -0.739. The van der Waals surface area contributed by atoms with Gasteiger partial charge in [-0.15, -0.1) is 5.10 Å². The number of unbranched alkanes of at least 4 members (excludes halogenated alkanes) is 4. The molecule has 5 rings (SSSR count). The first-order valence-corrected chi connectivity index (χ1v) is 21.4. The number of aryl methyl sites for hydroxylation is 2. The van der Waals surface area contributed by atoms with Crippen molar-refractivity contribution in [2.24, 2.45) is 7.05 Å². The minimum Gasteiger partial charge on any atom is -0.480 e. The van der Waals surface area contributed by atoms with Crippen molar-refractivity contribution in [3.63, 3.8) is 0 Å². The second-order valence-corrected chi connectivity index (χ2v) is 16.0. The fraction of sp³-hybridized carbons (Fsp3) is 0.625. The van der Waals surface area contributed by atoms with E-state index in [-0.39, 0.29) is 51.1 Å². The number of methoxy groups -OCH3 is 1. The third-order valence-electron chi connectivity index (χ3n) is 11.0. The van der Waals surface area contributed by atoms with Crippen LogP contribution in [0.15, 0.2) is 25.2 Å². The molecule has 2 aliphatic rings. The summed E-state index contributed by atoms with van der Waals surface area (Å²) in [5.74, 6) is -2.66. The van der Waals surface area contributed by atoms with Crippen LogP contribution in [-0.2, 0) is 37.6 Å². The van der Waals surface area contributed by atoms with Crippen LogP contribution in [0.1, 0.15) is 32.1 Å². The summed E-state index contributed by atoms with van der Waals surface area (Å²) in [5.41, 5.74) is 1.59. The number of carboxylic acid groups (broad SMARTS) is 3. The van der Waals surface area contributed by atoms with Gasteiger partial charge >= 0.3 is 17.9 Å². The van der Waals surface area contributed by atoms with E-state index in [2.05, 4.69) is 37.6 Å². The Morgan fingerprint density at radius 2 is 1.39 bits per heavy atom. The number of halogens is 1. The van der Waals surface area contributed by atoms with Crippen molar-refractivity contribution in [3.8, 4) is 5.88 Å². The Labute approximate surface area is 370 Å². The van der Waals surface area contributed by atoms with Crippen molar-refractivity contribution < 1.29 is 48.4 Å². The SMILES string of the molecule is C=CC(=O)N[C@@H]1CN(c2nc(Nc3cn(CCCCCCCNC(=O)CN4CCN(CC(=O)O)CCN(CC(=O)O)CCN(CC(=O)O)CC4)nc3OC)c3ncn(C)c3n2)C[C@H]1F. The lowest BCUT2D eigenvalue weighted by Crippen LogP contribution is -2.49. The van der Waals surface area contributed by atoms with Gasteiger partial charge in [-0.1, -0.05) is 25.8 Å². The minimum absolute atomic E-state index is 0.00366. The third kappa shape index (κ3) is 15.1. The third-order valence-corrected chi connectivity index (χ3v) is 11.0. The normalized spacial score (nSPS) is 18.6. The van der Waals surface area contributed by atoms with Crippen LogP contribution in [0.4, 0.5) is 21.8 Å². The number of alkyl halides is 1. The monoisotopic (exact) mass is 900 g/mol. The summed E-state index contributed by atoms with van der Waals surface area (Å²) in [5, 5.41) is 41.8. The number of carboxylic acids is 3. The molecule has 0 aliphatic carbocycles. The van der Waals surface area contributed by atoms with Crippen LogP contribution in [0.3, 0.4) is 0 Å². The maximum absolute atomic E-state index is 14.9. The zero-order valence-electron chi connectivity index (χ0n) is 36.5. The number of rotatable bonds is 22. The van der Waals surface area contributed by atoms with E-state index in [1.807, 2.05) is 11.1 Å². The Balaban J connectivity index is 1.07. The lowest BCUT2D eigenvalue weighted by molar-refractivity contribution is -0.140. The molecule has 2 fully saturated rings. The van der Waals surface area contributed by atoms with Crippen molar-refractivity contribution in [3.05, 3.63) is 25.2 Å². The van der Waals surface area contributed by atoms with Gasteiger partial charge in [0.1, 0.15) is 11.9 Å². The van der Waals surface area contributed by atoms with E-state index in [0.29, 0.717) is 94.0 Å². The molecule has 2 atom stereocenters. The Bertz CT molecular complexity index is 2040. The first-order valence-electron chi connectivity index (χ1n) is 21.4. The Hall–Kier alpha value is -5.98. The molecule has 0 bridgehead atoms. The van der Waals surface area contributed by atoms with E-state index in [4.69, 9.17) is 9.72 Å². The zero-order chi connectivity index (χ0) is 46.2. The van der Waals surface area contributed by atoms with Gasteiger partial charge in [0.2, 0.25) is 17.8 Å². The van der Waals surface area contributed by atoms with Gasteiger partial charge in [-0.3, -0.25) is 48.3 Å². The lowest BCUT2D eigenvalue weighted by atomic mass is 10.1. The molecule has 2 aliphatic heterocycles. The number of hydrogen-bond donors (Lipinski definition) is 6. The molecule has 0 spiro atoms. The van der Waals surface area contributed by atoms with Gasteiger partial charge in [0.15, 0.2) is 17.0 Å². The van der Waals surface area contributed by atoms with Crippen LogP contribution >= 0.6 is 0 Å². The summed E-state index contributed by atoms with van der Waals surface area (Å²) in [4.78, 5) is 81.9. The summed E-state index contributed by atoms with van der Waals surface area (Å²) in [7, 11) is 3.32. The molecule has 0 aromatic carbocycles. The first-order chi connectivity index (χ1) is 30.7. The number of anilines is 3. The second kappa shape index (κ2) is 24.2. The van der Waals surface area contributed by atoms with Crippen LogP contribution in [0.5, 0.6) is 5.88 Å². The number of amides is 2. The number of fused-ring (bicyclic) bond motifs is 1. The topological polar surface area (TPSA) is 269 Å². The highest BCUT2D eigenvalue weighted by molar-refractivity contribution is 5.88. The molecule has 0 saturated carbocycles. The molecule has 3 aromatic heterocycles. The van der Waals surface area contributed by atoms with Gasteiger partial charge in [0, 0.05) is 79.0 Å². The molecule has 5 heterocycles. The van der Waals surface area contributed by atoms with E-state index in [9.17, 15) is 43.7 Å². The Kier molecular flexibility index (Phi) is 18.5. The minimum atomic E-state index is -1.32. The predicted octanol–water partition coefficient (Wildman–Crippen LogP) is -0.317. The number of aliphatic carboxylic acids is 3. The molecule has 6 N–H and O–H groups in total. The highest BCUT2D eigenvalue weighted by atomic mass is 19.1. The van der Waals surface area contributed by atoms with Gasteiger partial charge in [-0.25, -0.2) is 9.37 Å². The maximum atomic E-state index is 14.9. The number of carbonyl (C=O) groups is 5. The molecule has 3 aromatic rings. The van der Waals surface area contributed by atoms with Crippen molar-refractivity contribution in [2.45, 2.75) is 50.9 Å². The molecule has 24 heteroatoms. The van der Waals surface area contributed by atoms with Crippen LogP contribution in [-0.4, -0.2) is 211 Å². The Morgan fingerprint density at radius 1 is 0.828 bits per heavy atom. The fourth-order valence-electron chi connectivity index (χ4n) is 7.61. The fourth-order valence-corrected chi connectivity index (χ4v) is 7.61. The summed E-state index contributed by atoms with van der Waals surface area (Å²) in [6.45, 7) is 6.71. The molecule has 64 heavy (non-hydrogen) atoms. The Morgan fingerprint density at radius 3 is 1.95 bits per heavy atom. The summed E-state index contributed by atoms with van der Waals surface area (Å²) < 4.78 is 24.0. The van der Waals surface area contributed by atoms with Crippen molar-refractivity contribution in [2.75, 3.05) is 115 Å². The molecule has 352 valence electrons. The molecule has 2 amide bonds. The average Bonchev–Trinajstić information content (AvgIpc) is 3.94. The maximum Gasteiger partial charge on any atom is 0.317 e. The van der Waals surface area contributed by atoms with Crippen molar-refractivity contribution in [1.82, 2.24) is 59.5 Å². The standard InChI is InChI=1S/C40H61FN14O9/c1-4-31(56)44-29-21-54(20-28(29)41)40-46-37(36-38(47-40)49(2)27-43-36)45-30-22-55(48-39(30)64-3)11-9-7-5-6-8-10-42-32(57)23-50-12-14-51(24-33(58)59)16-18-53(26-35(62)63)19-17-52(15-13-50)25-34(60)61/h4,22,27-29H,1,5-21,23-26H2,2-3H3,(H,42,57)(H,44,56)(H,58,59)(H,60,61)(H,62,63)(H,45,46,47)/t28-,29-/m1/s1. The van der Waals surface area contributed by atoms with E-state index in [0.717, 1.165) is 38.2 Å². The first kappa shape index (κ1) is 49.0. The van der Waals surface area contributed by atoms with Gasteiger partial charge in [0.05, 0.1) is 58.4 Å². The largest absolute Gasteiger partial charge is 0.480 e. The van der Waals surface area contributed by atoms with E-state index < -0.39 is 36.0 Å². The van der Waals surface area contributed by atoms with E-state index in [1.54, 1.807) is 42.2 Å². The second-order valence-electron chi connectivity index (χ2n) is 16.0. The number of hydrogen-bond acceptors (Lipinski definition) is 16. The van der Waals surface area contributed by atoms with Gasteiger partial charge < -0.3 is 45.5 Å². The number of carbonyl (C=O) groups excluding carboxylic acids is 2. The highest BCUT2D eigenvalue weighted by Crippen LogP contribution is 2.31. The average molecular weight is 901 g/mol. The number of nitrogens with one attached hydrogen (secondary N) is 3. The number of imidazole rings is 1. The quantitative estimate of drug-likeness (QED) is 0.0557. The van der Waals surface area contributed by atoms with E-state index >= 15 is 0 Å². The molecular weight excluding hydrogens is 840 g/mol. The van der Waals surface area contributed by atoms with Crippen LogP contribution in [0.25, 0.3) is 11.2 Å². The predicted molar refractivity (Wildman–Crippen MR) is 232 cm³/mol. The number of ether oxygens (including phenoxy) is 1. The number of nitrogens with zero attached hydrogens (tertiary/aromatic N) is 11. The molecular formula is C40H61FN14O9. The molecule has 0 unspecified atom stereocenters. The van der Waals surface area contributed by atoms with Crippen molar-refractivity contribution in [1.29, 1.82) is 0 Å². The summed E-state index contributed by atoms with van der Waals surface area (Å²) >= 11 is 0. The van der Waals surface area contributed by atoms with Gasteiger partial charge in [-0.2, -0.15) is 9.97 Å². The summed E-state index contributed by atoms with van der Waals surface area (Å²) in [6.07, 6.45) is 7.58. The van der Waals surface area contributed by atoms with Crippen LogP contribution in [0.2, 0.25) is 0 Å². The van der Waals surface area contributed by atoms with Crippen LogP contribution < -0.4 is 25.6 Å². The van der Waals surface area contributed by atoms with E-state index in [1.165, 1.54) is 7.11 Å². The van der Waals surface area contributed by atoms with Crippen molar-refractivity contribution >= 4 is 58.3 Å². The van der Waals surface area contributed by atoms with Gasteiger partial charge in [-0.05, 0) is 18.9 Å². The molecule has 2 saturated heterocycles. The zero-order valence-corrected chi connectivity index (χ0v) is 36.5. The lowest BCUT2D eigenvalue weighted by Gasteiger charge is -2.32. The smallest absolute Gasteiger partial charge is 0.317 e.